The van der Waals surface area contributed by atoms with Gasteiger partial charge in [-0.25, -0.2) is 9.13 Å². The molecular formula is C78H152O17P2. The lowest BCUT2D eigenvalue weighted by Crippen LogP contribution is -2.30. The number of phosphoric acid groups is 2. The highest BCUT2D eigenvalue weighted by Gasteiger charge is 2.30. The van der Waals surface area contributed by atoms with Crippen molar-refractivity contribution in [1.82, 2.24) is 0 Å². The lowest BCUT2D eigenvalue weighted by molar-refractivity contribution is -0.161. The van der Waals surface area contributed by atoms with Crippen LogP contribution in [0.3, 0.4) is 0 Å². The molecule has 0 amide bonds. The van der Waals surface area contributed by atoms with Gasteiger partial charge in [0.05, 0.1) is 26.4 Å². The molecule has 17 nitrogen and oxygen atoms in total. The Balaban J connectivity index is 5.17. The van der Waals surface area contributed by atoms with Gasteiger partial charge in [-0.3, -0.25) is 37.3 Å². The van der Waals surface area contributed by atoms with Gasteiger partial charge < -0.3 is 33.8 Å². The summed E-state index contributed by atoms with van der Waals surface area (Å²) in [7, 11) is -9.91. The molecule has 0 aromatic heterocycles. The van der Waals surface area contributed by atoms with E-state index in [1.165, 1.54) is 186 Å². The van der Waals surface area contributed by atoms with Crippen molar-refractivity contribution in [2.24, 2.45) is 23.7 Å². The van der Waals surface area contributed by atoms with Crippen molar-refractivity contribution in [1.29, 1.82) is 0 Å². The van der Waals surface area contributed by atoms with Crippen molar-refractivity contribution < 1.29 is 80.2 Å². The van der Waals surface area contributed by atoms with Crippen LogP contribution in [0, 0.1) is 23.7 Å². The van der Waals surface area contributed by atoms with Crippen LogP contribution in [-0.4, -0.2) is 96.7 Å². The van der Waals surface area contributed by atoms with E-state index in [-0.39, 0.29) is 25.7 Å². The molecule has 0 rings (SSSR count). The first-order chi connectivity index (χ1) is 46.7. The van der Waals surface area contributed by atoms with Crippen LogP contribution in [0.5, 0.6) is 0 Å². The molecule has 0 fully saturated rings. The number of carbonyl (C=O) groups is 4. The zero-order chi connectivity index (χ0) is 71.7. The van der Waals surface area contributed by atoms with Gasteiger partial charge in [0, 0.05) is 25.7 Å². The van der Waals surface area contributed by atoms with E-state index >= 15 is 0 Å². The van der Waals surface area contributed by atoms with Crippen LogP contribution < -0.4 is 0 Å². The van der Waals surface area contributed by atoms with E-state index in [9.17, 15) is 43.2 Å². The minimum Gasteiger partial charge on any atom is -0.462 e. The monoisotopic (exact) mass is 1420 g/mol. The molecule has 4 unspecified atom stereocenters. The third-order valence-electron chi connectivity index (χ3n) is 18.8. The first-order valence-electron chi connectivity index (χ1n) is 40.3. The van der Waals surface area contributed by atoms with Crippen LogP contribution in [0.1, 0.15) is 396 Å². The average Bonchev–Trinajstić information content (AvgIpc) is 1.73. The molecule has 0 aliphatic carbocycles. The first-order valence-corrected chi connectivity index (χ1v) is 43.3. The third kappa shape index (κ3) is 69.5. The van der Waals surface area contributed by atoms with Crippen LogP contribution in [-0.2, 0) is 65.4 Å². The maximum absolute atomic E-state index is 13.1. The zero-order valence-electron chi connectivity index (χ0n) is 63.7. The molecule has 0 heterocycles. The zero-order valence-corrected chi connectivity index (χ0v) is 65.5. The Morgan fingerprint density at radius 2 is 0.495 bits per heavy atom. The standard InChI is InChI=1S/C78H152O17P2/c1-9-70(7)56-48-40-32-26-22-17-15-13-11-12-14-16-18-23-27-33-44-52-60-78(83)95-74(65-89-76(81)59-51-43-37-36-41-49-57-71(8)10-2)67-93-97(86,87)91-63-72(79)62-90-96(84,85)92-66-73(64-88-75(80)58-50-42-35-29-31-39-47-55-69(5)6)94-77(82)61-53-45-34-28-24-20-19-21-25-30-38-46-54-68(3)4/h68-74,79H,9-67H2,1-8H3,(H,84,85)(H,86,87)/t70?,71?,72-,73-,74-/m1/s1. The van der Waals surface area contributed by atoms with Crippen LogP contribution in [0.25, 0.3) is 0 Å². The number of hydrogen-bond donors (Lipinski definition) is 3. The molecule has 3 N–H and O–H groups in total. The second-order valence-corrected chi connectivity index (χ2v) is 32.4. The summed E-state index contributed by atoms with van der Waals surface area (Å²) in [5.74, 6) is 0.962. The Labute approximate surface area is 594 Å². The Morgan fingerprint density at radius 1 is 0.289 bits per heavy atom. The lowest BCUT2D eigenvalue weighted by atomic mass is 9.99. The molecule has 576 valence electrons. The molecule has 0 aromatic rings. The largest absolute Gasteiger partial charge is 0.472 e. The van der Waals surface area contributed by atoms with E-state index in [0.717, 1.165) is 120 Å². The molecule has 0 aliphatic heterocycles. The number of aliphatic hydroxyl groups excluding tert-OH is 1. The summed E-state index contributed by atoms with van der Waals surface area (Å²) in [5.41, 5.74) is 0. The highest BCUT2D eigenvalue weighted by molar-refractivity contribution is 7.47. The number of carbonyl (C=O) groups excluding carboxylic acids is 4. The number of ether oxygens (including phenoxy) is 4. The maximum atomic E-state index is 13.1. The summed E-state index contributed by atoms with van der Waals surface area (Å²) >= 11 is 0. The molecule has 0 saturated carbocycles. The van der Waals surface area contributed by atoms with Crippen LogP contribution in [0.4, 0.5) is 0 Å². The fourth-order valence-electron chi connectivity index (χ4n) is 11.8. The molecule has 7 atom stereocenters. The van der Waals surface area contributed by atoms with Crippen molar-refractivity contribution in [2.75, 3.05) is 39.6 Å². The van der Waals surface area contributed by atoms with Gasteiger partial charge in [0.25, 0.3) is 0 Å². The summed E-state index contributed by atoms with van der Waals surface area (Å²) in [6.45, 7) is 14.2. The normalized spacial score (nSPS) is 14.6. The minimum atomic E-state index is -4.96. The highest BCUT2D eigenvalue weighted by atomic mass is 31.2. The predicted molar refractivity (Wildman–Crippen MR) is 395 cm³/mol. The number of hydrogen-bond acceptors (Lipinski definition) is 15. The van der Waals surface area contributed by atoms with Crippen molar-refractivity contribution >= 4 is 39.5 Å². The lowest BCUT2D eigenvalue weighted by Gasteiger charge is -2.21. The fraction of sp³-hybridized carbons (Fsp3) is 0.949. The third-order valence-corrected chi connectivity index (χ3v) is 20.7. The topological polar surface area (TPSA) is 237 Å². The van der Waals surface area contributed by atoms with Gasteiger partial charge in [-0.1, -0.05) is 344 Å². The maximum Gasteiger partial charge on any atom is 0.472 e. The summed E-state index contributed by atoms with van der Waals surface area (Å²) in [5, 5.41) is 10.6. The number of rotatable bonds is 75. The summed E-state index contributed by atoms with van der Waals surface area (Å²) in [4.78, 5) is 72.8. The smallest absolute Gasteiger partial charge is 0.462 e. The van der Waals surface area contributed by atoms with Gasteiger partial charge in [0.2, 0.25) is 0 Å². The molecule has 0 saturated heterocycles. The van der Waals surface area contributed by atoms with E-state index in [2.05, 4.69) is 55.4 Å². The van der Waals surface area contributed by atoms with Gasteiger partial charge in [-0.2, -0.15) is 0 Å². The first kappa shape index (κ1) is 95.1. The Hall–Kier alpha value is -1.94. The van der Waals surface area contributed by atoms with Crippen molar-refractivity contribution in [2.45, 2.75) is 414 Å². The number of aliphatic hydroxyl groups is 1. The molecule has 0 spiro atoms. The summed E-state index contributed by atoms with van der Waals surface area (Å²) in [6, 6.07) is 0. The molecule has 0 aliphatic rings. The van der Waals surface area contributed by atoms with Crippen LogP contribution in [0.2, 0.25) is 0 Å². The van der Waals surface area contributed by atoms with E-state index in [1.54, 1.807) is 0 Å². The number of esters is 4. The minimum absolute atomic E-state index is 0.106. The van der Waals surface area contributed by atoms with Crippen molar-refractivity contribution in [3.63, 3.8) is 0 Å². The Kier molecular flexibility index (Phi) is 65.9. The molecule has 97 heavy (non-hydrogen) atoms. The van der Waals surface area contributed by atoms with Gasteiger partial charge in [0.15, 0.2) is 12.2 Å². The highest BCUT2D eigenvalue weighted by Crippen LogP contribution is 2.45. The molecule has 19 heteroatoms. The van der Waals surface area contributed by atoms with Gasteiger partial charge in [0.1, 0.15) is 19.3 Å². The van der Waals surface area contributed by atoms with Gasteiger partial charge >= 0.3 is 39.5 Å². The van der Waals surface area contributed by atoms with Crippen LogP contribution in [0.15, 0.2) is 0 Å². The molecular weight excluding hydrogens is 1270 g/mol. The second kappa shape index (κ2) is 67.2. The number of phosphoric ester groups is 2. The number of unbranched alkanes of at least 4 members (excludes halogenated alkanes) is 39. The molecule has 0 radical (unpaired) electrons. The Morgan fingerprint density at radius 3 is 0.732 bits per heavy atom. The SMILES string of the molecule is CCC(C)CCCCCCCCCCCCCCCCCCCCC(=O)O[C@H](COC(=O)CCCCCCCCC(C)CC)COP(=O)(O)OC[C@H](O)COP(=O)(O)OC[C@@H](COC(=O)CCCCCCCCCC(C)C)OC(=O)CCCCCCCCCCCCCCC(C)C. The summed E-state index contributed by atoms with van der Waals surface area (Å²) < 4.78 is 68.5. The van der Waals surface area contributed by atoms with E-state index in [0.29, 0.717) is 31.6 Å². The summed E-state index contributed by atoms with van der Waals surface area (Å²) in [6.07, 6.45) is 52.9. The quantitative estimate of drug-likeness (QED) is 0.0222. The van der Waals surface area contributed by atoms with Gasteiger partial charge in [-0.05, 0) is 49.4 Å². The molecule has 0 aromatic carbocycles. The van der Waals surface area contributed by atoms with E-state index in [4.69, 9.17) is 37.0 Å². The second-order valence-electron chi connectivity index (χ2n) is 29.5. The van der Waals surface area contributed by atoms with E-state index < -0.39 is 97.5 Å². The van der Waals surface area contributed by atoms with Crippen molar-refractivity contribution in [3.05, 3.63) is 0 Å². The van der Waals surface area contributed by atoms with E-state index in [1.807, 2.05) is 0 Å². The van der Waals surface area contributed by atoms with Crippen molar-refractivity contribution in [3.8, 4) is 0 Å². The Bertz CT molecular complexity index is 1910. The average molecular weight is 1420 g/mol. The molecule has 0 bridgehead atoms. The van der Waals surface area contributed by atoms with Gasteiger partial charge in [-0.15, -0.1) is 0 Å². The predicted octanol–water partition coefficient (Wildman–Crippen LogP) is 22.8. The fourth-order valence-corrected chi connectivity index (χ4v) is 13.4. The van der Waals surface area contributed by atoms with Crippen LogP contribution >= 0.6 is 15.6 Å².